The summed E-state index contributed by atoms with van der Waals surface area (Å²) in [7, 11) is 5.91. The van der Waals surface area contributed by atoms with Crippen LogP contribution >= 0.6 is 11.6 Å². The highest BCUT2D eigenvalue weighted by Crippen LogP contribution is 2.36. The van der Waals surface area contributed by atoms with Crippen molar-refractivity contribution in [3.8, 4) is 23.0 Å². The summed E-state index contributed by atoms with van der Waals surface area (Å²) < 4.78 is 45.0. The summed E-state index contributed by atoms with van der Waals surface area (Å²) in [6.07, 6.45) is 2.96. The smallest absolute Gasteiger partial charge is 0.387 e. The van der Waals surface area contributed by atoms with Crippen LogP contribution < -0.4 is 18.9 Å². The third-order valence-electron chi connectivity index (χ3n) is 4.11. The maximum atomic E-state index is 12.6. The molecule has 0 saturated carbocycles. The lowest BCUT2D eigenvalue weighted by atomic mass is 10.1. The van der Waals surface area contributed by atoms with Crippen molar-refractivity contribution in [2.45, 2.75) is 13.2 Å². The lowest BCUT2D eigenvalue weighted by Crippen LogP contribution is -2.24. The molecule has 6 nitrogen and oxygen atoms in total. The number of benzene rings is 2. The fraction of sp³-hybridized carbons (Fsp3) is 0.286. The van der Waals surface area contributed by atoms with E-state index in [1.165, 1.54) is 44.4 Å². The van der Waals surface area contributed by atoms with Gasteiger partial charge >= 0.3 is 6.61 Å². The van der Waals surface area contributed by atoms with Crippen molar-refractivity contribution in [1.82, 2.24) is 4.90 Å². The summed E-state index contributed by atoms with van der Waals surface area (Å²) in [5.41, 5.74) is 1.25. The van der Waals surface area contributed by atoms with E-state index in [2.05, 4.69) is 4.74 Å². The number of carbonyl (C=O) groups excluding carboxylic acids is 1. The molecule has 0 atom stereocenters. The molecule has 2 aromatic carbocycles. The second-order valence-corrected chi connectivity index (χ2v) is 6.54. The maximum Gasteiger partial charge on any atom is 0.387 e. The molecule has 162 valence electrons. The molecule has 2 rings (SSSR count). The summed E-state index contributed by atoms with van der Waals surface area (Å²) in [6.45, 7) is -2.80. The molecule has 0 heterocycles. The molecule has 0 radical (unpaired) electrons. The van der Waals surface area contributed by atoms with E-state index in [0.29, 0.717) is 27.6 Å². The van der Waals surface area contributed by atoms with Crippen molar-refractivity contribution in [2.75, 3.05) is 28.4 Å². The first kappa shape index (κ1) is 23.3. The van der Waals surface area contributed by atoms with Crippen molar-refractivity contribution in [2.24, 2.45) is 0 Å². The molecule has 0 bridgehead atoms. The number of likely N-dealkylation sites (N-methyl/N-ethyl adjacent to an activating group) is 1. The highest BCUT2D eigenvalue weighted by atomic mass is 35.5. The Morgan fingerprint density at radius 3 is 2.37 bits per heavy atom. The molecule has 0 spiro atoms. The van der Waals surface area contributed by atoms with E-state index in [4.69, 9.17) is 25.8 Å². The lowest BCUT2D eigenvalue weighted by molar-refractivity contribution is -0.125. The monoisotopic (exact) mass is 441 g/mol. The number of methoxy groups -OCH3 is 3. The molecule has 30 heavy (non-hydrogen) atoms. The Morgan fingerprint density at radius 1 is 1.07 bits per heavy atom. The molecule has 2 aromatic rings. The van der Waals surface area contributed by atoms with Crippen molar-refractivity contribution in [3.05, 3.63) is 52.6 Å². The zero-order valence-electron chi connectivity index (χ0n) is 16.9. The number of nitrogens with zero attached hydrogens (tertiary/aromatic N) is 1. The highest BCUT2D eigenvalue weighted by molar-refractivity contribution is 6.32. The predicted octanol–water partition coefficient (Wildman–Crippen LogP) is 4.64. The van der Waals surface area contributed by atoms with E-state index in [9.17, 15) is 13.6 Å². The Hall–Kier alpha value is -3.00. The van der Waals surface area contributed by atoms with E-state index in [-0.39, 0.29) is 24.0 Å². The van der Waals surface area contributed by atoms with Gasteiger partial charge in [-0.15, -0.1) is 0 Å². The summed E-state index contributed by atoms with van der Waals surface area (Å²) >= 11 is 6.16. The van der Waals surface area contributed by atoms with Crippen molar-refractivity contribution in [3.63, 3.8) is 0 Å². The summed E-state index contributed by atoms with van der Waals surface area (Å²) in [5, 5.41) is 0.349. The number of carbonyl (C=O) groups is 1. The van der Waals surface area contributed by atoms with Crippen LogP contribution in [0.4, 0.5) is 8.78 Å². The number of halogens is 3. The third kappa shape index (κ3) is 6.00. The molecule has 0 aliphatic heterocycles. The predicted molar refractivity (Wildman–Crippen MR) is 110 cm³/mol. The van der Waals surface area contributed by atoms with Crippen LogP contribution in [0.5, 0.6) is 23.0 Å². The molecular formula is C21H22ClF2NO5. The first-order valence-corrected chi connectivity index (χ1v) is 9.13. The van der Waals surface area contributed by atoms with Gasteiger partial charge in [0, 0.05) is 19.7 Å². The molecule has 9 heteroatoms. The van der Waals surface area contributed by atoms with Gasteiger partial charge in [0.2, 0.25) is 5.91 Å². The quantitative estimate of drug-likeness (QED) is 0.531. The standard InChI is InChI=1S/C21H22ClF2NO5/c1-25(12-14-5-7-16(27-2)17(11-14)30-21(23)24)19(26)8-6-13-9-15(22)20(29-4)18(10-13)28-3/h5-11,21H,12H2,1-4H3/b8-6+. The van der Waals surface area contributed by atoms with Crippen molar-refractivity contribution < 1.29 is 32.5 Å². The normalized spacial score (nSPS) is 10.9. The molecule has 0 aliphatic rings. The van der Waals surface area contributed by atoms with Crippen molar-refractivity contribution >= 4 is 23.6 Å². The topological polar surface area (TPSA) is 57.2 Å². The van der Waals surface area contributed by atoms with E-state index in [0.717, 1.165) is 0 Å². The van der Waals surface area contributed by atoms with Crippen LogP contribution in [-0.2, 0) is 11.3 Å². The fourth-order valence-corrected chi connectivity index (χ4v) is 2.98. The van der Waals surface area contributed by atoms with Gasteiger partial charge in [-0.05, 0) is 41.5 Å². The van der Waals surface area contributed by atoms with Gasteiger partial charge in [0.1, 0.15) is 0 Å². The Balaban J connectivity index is 2.12. The molecule has 0 N–H and O–H groups in total. The number of alkyl halides is 2. The molecule has 0 fully saturated rings. The van der Waals surface area contributed by atoms with E-state index in [1.54, 1.807) is 31.3 Å². The van der Waals surface area contributed by atoms with E-state index < -0.39 is 6.61 Å². The zero-order chi connectivity index (χ0) is 22.3. The third-order valence-corrected chi connectivity index (χ3v) is 4.40. The summed E-state index contributed by atoms with van der Waals surface area (Å²) in [4.78, 5) is 13.9. The van der Waals surface area contributed by atoms with Crippen LogP contribution in [0.1, 0.15) is 11.1 Å². The average Bonchev–Trinajstić information content (AvgIpc) is 2.71. The molecule has 0 saturated heterocycles. The Kier molecular flexibility index (Phi) is 8.29. The SMILES string of the molecule is COc1ccc(CN(C)C(=O)/C=C/c2cc(Cl)c(OC)c(OC)c2)cc1OC(F)F. The highest BCUT2D eigenvalue weighted by Gasteiger charge is 2.14. The largest absolute Gasteiger partial charge is 0.493 e. The van der Waals surface area contributed by atoms with E-state index in [1.807, 2.05) is 0 Å². The minimum atomic E-state index is -2.98. The number of hydrogen-bond acceptors (Lipinski definition) is 5. The maximum absolute atomic E-state index is 12.6. The molecule has 0 aliphatic carbocycles. The van der Waals surface area contributed by atoms with Gasteiger partial charge in [-0.1, -0.05) is 17.7 Å². The van der Waals surface area contributed by atoms with E-state index >= 15 is 0 Å². The molecule has 0 aromatic heterocycles. The summed E-state index contributed by atoms with van der Waals surface area (Å²) in [5.74, 6) is 0.629. The second-order valence-electron chi connectivity index (χ2n) is 6.13. The first-order valence-electron chi connectivity index (χ1n) is 8.75. The van der Waals surface area contributed by atoms with Gasteiger partial charge in [-0.3, -0.25) is 4.79 Å². The average molecular weight is 442 g/mol. The first-order chi connectivity index (χ1) is 14.3. The van der Waals surface area contributed by atoms with Crippen LogP contribution in [0.15, 0.2) is 36.4 Å². The summed E-state index contributed by atoms with van der Waals surface area (Å²) in [6, 6.07) is 7.91. The Bertz CT molecular complexity index is 921. The van der Waals surface area contributed by atoms with Crippen LogP contribution in [0.2, 0.25) is 5.02 Å². The van der Waals surface area contributed by atoms with Gasteiger partial charge in [-0.2, -0.15) is 8.78 Å². The van der Waals surface area contributed by atoms with Gasteiger partial charge < -0.3 is 23.8 Å². The fourth-order valence-electron chi connectivity index (χ4n) is 2.69. The van der Waals surface area contributed by atoms with Gasteiger partial charge in [0.15, 0.2) is 23.0 Å². The lowest BCUT2D eigenvalue weighted by Gasteiger charge is -2.17. The molecular weight excluding hydrogens is 420 g/mol. The van der Waals surface area contributed by atoms with Gasteiger partial charge in [-0.25, -0.2) is 0 Å². The Morgan fingerprint density at radius 2 is 1.77 bits per heavy atom. The zero-order valence-corrected chi connectivity index (χ0v) is 17.7. The minimum Gasteiger partial charge on any atom is -0.493 e. The number of hydrogen-bond donors (Lipinski definition) is 0. The van der Waals surface area contributed by atoms with Crippen LogP contribution in [0.3, 0.4) is 0 Å². The minimum absolute atomic E-state index is 0.0960. The van der Waals surface area contributed by atoms with Gasteiger partial charge in [0.25, 0.3) is 0 Å². The molecule has 1 amide bonds. The van der Waals surface area contributed by atoms with Crippen molar-refractivity contribution in [1.29, 1.82) is 0 Å². The van der Waals surface area contributed by atoms with Crippen LogP contribution in [0, 0.1) is 0 Å². The second kappa shape index (κ2) is 10.7. The van der Waals surface area contributed by atoms with Crippen LogP contribution in [-0.4, -0.2) is 45.8 Å². The number of amides is 1. The van der Waals surface area contributed by atoms with Gasteiger partial charge in [0.05, 0.1) is 26.4 Å². The van der Waals surface area contributed by atoms with Crippen LogP contribution in [0.25, 0.3) is 6.08 Å². The number of ether oxygens (including phenoxy) is 4. The number of rotatable bonds is 9. The molecule has 0 unspecified atom stereocenters. The Labute approximate surface area is 178 Å².